The van der Waals surface area contributed by atoms with Crippen molar-refractivity contribution in [1.82, 2.24) is 14.6 Å². The van der Waals surface area contributed by atoms with Gasteiger partial charge in [-0.3, -0.25) is 9.59 Å². The molecule has 0 saturated carbocycles. The molecule has 6 nitrogen and oxygen atoms in total. The van der Waals surface area contributed by atoms with Crippen molar-refractivity contribution in [3.05, 3.63) is 57.0 Å². The largest absolute Gasteiger partial charge is 0.316 e. The molecule has 24 heavy (non-hydrogen) atoms. The number of aryl methyl sites for hydroxylation is 2. The van der Waals surface area contributed by atoms with Gasteiger partial charge in [-0.1, -0.05) is 42.4 Å². The normalized spacial score (nSPS) is 10.9. The van der Waals surface area contributed by atoms with E-state index in [1.54, 1.807) is 12.1 Å². The fraction of sp³-hybridized carbons (Fsp3) is 0.294. The van der Waals surface area contributed by atoms with Gasteiger partial charge in [0.2, 0.25) is 4.96 Å². The molecule has 0 unspecified atom stereocenters. The van der Waals surface area contributed by atoms with Crippen molar-refractivity contribution in [1.29, 1.82) is 0 Å². The van der Waals surface area contributed by atoms with Gasteiger partial charge in [0.05, 0.1) is 6.20 Å². The van der Waals surface area contributed by atoms with Gasteiger partial charge < -0.3 is 5.32 Å². The van der Waals surface area contributed by atoms with Crippen LogP contribution in [0.3, 0.4) is 0 Å². The molecule has 2 heterocycles. The lowest BCUT2D eigenvalue weighted by Gasteiger charge is -2.04. The number of rotatable bonds is 5. The van der Waals surface area contributed by atoms with Gasteiger partial charge in [-0.05, 0) is 25.5 Å². The Morgan fingerprint density at radius 2 is 2.04 bits per heavy atom. The molecule has 0 atom stereocenters. The Morgan fingerprint density at radius 1 is 1.29 bits per heavy atom. The quantitative estimate of drug-likeness (QED) is 0.773. The fourth-order valence-electron chi connectivity index (χ4n) is 2.24. The van der Waals surface area contributed by atoms with E-state index in [0.717, 1.165) is 29.8 Å². The first-order valence-corrected chi connectivity index (χ1v) is 8.66. The number of nitrogens with one attached hydrogen (secondary N) is 1. The van der Waals surface area contributed by atoms with Gasteiger partial charge in [0.15, 0.2) is 0 Å². The molecule has 0 spiro atoms. The maximum absolute atomic E-state index is 12.5. The van der Waals surface area contributed by atoms with Crippen molar-refractivity contribution in [2.24, 2.45) is 0 Å². The van der Waals surface area contributed by atoms with Crippen LogP contribution in [0.4, 0.5) is 5.69 Å². The Kier molecular flexibility index (Phi) is 4.71. The average molecular weight is 342 g/mol. The zero-order chi connectivity index (χ0) is 17.1. The van der Waals surface area contributed by atoms with E-state index in [-0.39, 0.29) is 17.2 Å². The number of nitrogens with zero attached hydrogens (tertiary/aromatic N) is 3. The van der Waals surface area contributed by atoms with Crippen molar-refractivity contribution in [3.8, 4) is 0 Å². The molecule has 1 amide bonds. The molecule has 0 aliphatic carbocycles. The van der Waals surface area contributed by atoms with E-state index in [0.29, 0.717) is 10.5 Å². The lowest BCUT2D eigenvalue weighted by Crippen LogP contribution is -2.23. The van der Waals surface area contributed by atoms with Crippen LogP contribution in [0.15, 0.2) is 35.3 Å². The molecule has 3 aromatic rings. The summed E-state index contributed by atoms with van der Waals surface area (Å²) in [6.45, 7) is 4.06. The topological polar surface area (TPSA) is 76.4 Å². The summed E-state index contributed by atoms with van der Waals surface area (Å²) < 4.78 is 1.26. The van der Waals surface area contributed by atoms with Crippen LogP contribution in [-0.4, -0.2) is 20.5 Å². The summed E-state index contributed by atoms with van der Waals surface area (Å²) in [5, 5.41) is 7.81. The highest BCUT2D eigenvalue weighted by atomic mass is 32.1. The molecule has 0 aliphatic heterocycles. The number of aromatic nitrogens is 3. The lowest BCUT2D eigenvalue weighted by molar-refractivity contribution is 0.102. The summed E-state index contributed by atoms with van der Waals surface area (Å²) in [5.74, 6) is -0.338. The van der Waals surface area contributed by atoms with Crippen molar-refractivity contribution in [2.75, 3.05) is 5.32 Å². The molecule has 1 N–H and O–H groups in total. The van der Waals surface area contributed by atoms with Gasteiger partial charge in [-0.25, -0.2) is 4.98 Å². The Balaban J connectivity index is 1.87. The zero-order valence-electron chi connectivity index (χ0n) is 13.6. The predicted octanol–water partition coefficient (Wildman–Crippen LogP) is 3.05. The third-order valence-corrected chi connectivity index (χ3v) is 4.62. The van der Waals surface area contributed by atoms with E-state index in [2.05, 4.69) is 22.3 Å². The second-order valence-electron chi connectivity index (χ2n) is 5.59. The maximum atomic E-state index is 12.5. The third-order valence-electron chi connectivity index (χ3n) is 3.63. The third kappa shape index (κ3) is 3.35. The van der Waals surface area contributed by atoms with Crippen molar-refractivity contribution >= 4 is 27.9 Å². The SMILES string of the molecule is CCCCc1nn2c(=O)c(NC(=O)c3ccc(C)cc3)cnc2s1. The molecule has 3 rings (SSSR count). The second kappa shape index (κ2) is 6.92. The van der Waals surface area contributed by atoms with E-state index >= 15 is 0 Å². The molecule has 0 bridgehead atoms. The molecular formula is C17H18N4O2S. The first-order valence-electron chi connectivity index (χ1n) is 7.84. The minimum absolute atomic E-state index is 0.130. The number of hydrogen-bond donors (Lipinski definition) is 1. The minimum atomic E-state index is -0.362. The summed E-state index contributed by atoms with van der Waals surface area (Å²) in [5.41, 5.74) is 1.33. The van der Waals surface area contributed by atoms with Gasteiger partial charge in [-0.15, -0.1) is 0 Å². The maximum Gasteiger partial charge on any atom is 0.298 e. The predicted molar refractivity (Wildman–Crippen MR) is 94.9 cm³/mol. The fourth-order valence-corrected chi connectivity index (χ4v) is 3.14. The second-order valence-corrected chi connectivity index (χ2v) is 6.63. The molecule has 124 valence electrons. The number of carbonyl (C=O) groups is 1. The number of benzene rings is 1. The van der Waals surface area contributed by atoms with Crippen LogP contribution in [0.1, 0.15) is 40.7 Å². The molecule has 0 saturated heterocycles. The summed E-state index contributed by atoms with van der Waals surface area (Å²) in [4.78, 5) is 29.5. The summed E-state index contributed by atoms with van der Waals surface area (Å²) in [6.07, 6.45) is 4.31. The Bertz CT molecular complexity index is 928. The molecule has 2 aromatic heterocycles. The number of fused-ring (bicyclic) bond motifs is 1. The lowest BCUT2D eigenvalue weighted by atomic mass is 10.1. The van der Waals surface area contributed by atoms with Crippen LogP contribution in [0, 0.1) is 6.92 Å². The first kappa shape index (κ1) is 16.3. The highest BCUT2D eigenvalue weighted by Gasteiger charge is 2.13. The smallest absolute Gasteiger partial charge is 0.298 e. The van der Waals surface area contributed by atoms with Crippen LogP contribution < -0.4 is 10.9 Å². The molecule has 0 radical (unpaired) electrons. The van der Waals surface area contributed by atoms with Crippen LogP contribution >= 0.6 is 11.3 Å². The summed E-state index contributed by atoms with van der Waals surface area (Å²) in [6, 6.07) is 7.15. The van der Waals surface area contributed by atoms with Crippen LogP contribution in [-0.2, 0) is 6.42 Å². The van der Waals surface area contributed by atoms with E-state index < -0.39 is 0 Å². The van der Waals surface area contributed by atoms with E-state index in [1.807, 2.05) is 19.1 Å². The zero-order valence-corrected chi connectivity index (χ0v) is 14.4. The number of hydrogen-bond acceptors (Lipinski definition) is 5. The van der Waals surface area contributed by atoms with Gasteiger partial charge >= 0.3 is 0 Å². The Hall–Kier alpha value is -2.54. The molecular weight excluding hydrogens is 324 g/mol. The molecule has 0 fully saturated rings. The molecule has 1 aromatic carbocycles. The van der Waals surface area contributed by atoms with E-state index in [4.69, 9.17) is 0 Å². The van der Waals surface area contributed by atoms with Crippen molar-refractivity contribution < 1.29 is 4.79 Å². The minimum Gasteiger partial charge on any atom is -0.316 e. The van der Waals surface area contributed by atoms with Crippen LogP contribution in [0.25, 0.3) is 4.96 Å². The standard InChI is InChI=1S/C17H18N4O2S/c1-3-4-5-14-20-21-16(23)13(10-18-17(21)24-14)19-15(22)12-8-6-11(2)7-9-12/h6-10H,3-5H2,1-2H3,(H,19,22). The van der Waals surface area contributed by atoms with Gasteiger partial charge in [-0.2, -0.15) is 9.61 Å². The first-order chi connectivity index (χ1) is 11.6. The van der Waals surface area contributed by atoms with Crippen molar-refractivity contribution in [3.63, 3.8) is 0 Å². The number of unbranched alkanes of at least 4 members (excludes halogenated alkanes) is 1. The molecule has 7 heteroatoms. The monoisotopic (exact) mass is 342 g/mol. The summed E-state index contributed by atoms with van der Waals surface area (Å²) in [7, 11) is 0. The Labute approximate surface area is 143 Å². The van der Waals surface area contributed by atoms with Crippen LogP contribution in [0.5, 0.6) is 0 Å². The summed E-state index contributed by atoms with van der Waals surface area (Å²) >= 11 is 1.40. The van der Waals surface area contributed by atoms with Gasteiger partial charge in [0.25, 0.3) is 11.5 Å². The van der Waals surface area contributed by atoms with Crippen LogP contribution in [0.2, 0.25) is 0 Å². The van der Waals surface area contributed by atoms with E-state index in [1.165, 1.54) is 22.0 Å². The number of carbonyl (C=O) groups excluding carboxylic acids is 1. The van der Waals surface area contributed by atoms with Gasteiger partial charge in [0.1, 0.15) is 10.7 Å². The molecule has 0 aliphatic rings. The highest BCUT2D eigenvalue weighted by Crippen LogP contribution is 2.15. The van der Waals surface area contributed by atoms with E-state index in [9.17, 15) is 9.59 Å². The van der Waals surface area contributed by atoms with Gasteiger partial charge in [0, 0.05) is 12.0 Å². The number of anilines is 1. The Morgan fingerprint density at radius 3 is 2.75 bits per heavy atom. The average Bonchev–Trinajstić information content (AvgIpc) is 3.00. The number of amides is 1. The highest BCUT2D eigenvalue weighted by molar-refractivity contribution is 7.16. The van der Waals surface area contributed by atoms with Crippen molar-refractivity contribution in [2.45, 2.75) is 33.1 Å².